The van der Waals surface area contributed by atoms with Crippen molar-refractivity contribution >= 4 is 29.9 Å². The molecular weight excluding hydrogens is 411 g/mol. The first-order chi connectivity index (χ1) is 11.3. The van der Waals surface area contributed by atoms with E-state index in [4.69, 9.17) is 4.99 Å². The summed E-state index contributed by atoms with van der Waals surface area (Å²) in [6.07, 6.45) is 4.89. The normalized spacial score (nSPS) is 16.5. The van der Waals surface area contributed by atoms with E-state index in [1.54, 1.807) is 0 Å². The zero-order chi connectivity index (χ0) is 16.3. The van der Waals surface area contributed by atoms with Gasteiger partial charge in [-0.3, -0.25) is 4.99 Å². The van der Waals surface area contributed by atoms with Gasteiger partial charge in [-0.2, -0.15) is 0 Å². The molecule has 136 valence electrons. The number of benzene rings is 1. The standard InChI is InChI=1S/C19H32N4.HI/c1-3-20-19(21-13-9-17-7-5-4-6-8-17)22-14-10-18-11-15-23(2)16-12-18;/h4-8,18H,3,9-16H2,1-2H3,(H2,20,21,22);1H. The molecule has 1 fully saturated rings. The molecule has 1 aromatic carbocycles. The second kappa shape index (κ2) is 12.5. The van der Waals surface area contributed by atoms with Crippen LogP contribution in [0, 0.1) is 5.92 Å². The highest BCUT2D eigenvalue weighted by atomic mass is 127. The highest BCUT2D eigenvalue weighted by Gasteiger charge is 2.15. The van der Waals surface area contributed by atoms with E-state index < -0.39 is 0 Å². The molecule has 0 spiro atoms. The maximum absolute atomic E-state index is 4.74. The first kappa shape index (κ1) is 21.2. The molecule has 5 heteroatoms. The minimum atomic E-state index is 0. The van der Waals surface area contributed by atoms with Gasteiger partial charge < -0.3 is 15.5 Å². The van der Waals surface area contributed by atoms with Crippen molar-refractivity contribution in [2.75, 3.05) is 39.8 Å². The summed E-state index contributed by atoms with van der Waals surface area (Å²) >= 11 is 0. The van der Waals surface area contributed by atoms with Crippen LogP contribution < -0.4 is 10.6 Å². The molecule has 0 aliphatic carbocycles. The summed E-state index contributed by atoms with van der Waals surface area (Å²) in [6, 6.07) is 10.6. The lowest BCUT2D eigenvalue weighted by molar-refractivity contribution is 0.214. The van der Waals surface area contributed by atoms with Crippen LogP contribution in [0.15, 0.2) is 35.3 Å². The average Bonchev–Trinajstić information content (AvgIpc) is 2.58. The van der Waals surface area contributed by atoms with E-state index in [0.29, 0.717) is 0 Å². The monoisotopic (exact) mass is 444 g/mol. The fourth-order valence-corrected chi connectivity index (χ4v) is 3.02. The minimum absolute atomic E-state index is 0. The largest absolute Gasteiger partial charge is 0.357 e. The number of nitrogens with zero attached hydrogens (tertiary/aromatic N) is 2. The Hall–Kier alpha value is -0.820. The van der Waals surface area contributed by atoms with Crippen molar-refractivity contribution in [2.45, 2.75) is 32.6 Å². The molecule has 0 atom stereocenters. The average molecular weight is 444 g/mol. The smallest absolute Gasteiger partial charge is 0.191 e. The van der Waals surface area contributed by atoms with Gasteiger partial charge in [0.1, 0.15) is 0 Å². The van der Waals surface area contributed by atoms with E-state index >= 15 is 0 Å². The zero-order valence-corrected chi connectivity index (χ0v) is 17.5. The van der Waals surface area contributed by atoms with E-state index in [1.165, 1.54) is 37.9 Å². The highest BCUT2D eigenvalue weighted by Crippen LogP contribution is 2.19. The molecule has 0 bridgehead atoms. The molecule has 1 aliphatic heterocycles. The fraction of sp³-hybridized carbons (Fsp3) is 0.632. The summed E-state index contributed by atoms with van der Waals surface area (Å²) in [5, 5.41) is 6.79. The number of nitrogens with one attached hydrogen (secondary N) is 2. The van der Waals surface area contributed by atoms with E-state index in [0.717, 1.165) is 37.9 Å². The molecule has 1 heterocycles. The van der Waals surface area contributed by atoms with Gasteiger partial charge in [0.05, 0.1) is 0 Å². The predicted octanol–water partition coefficient (Wildman–Crippen LogP) is 3.13. The van der Waals surface area contributed by atoms with Gasteiger partial charge in [0.2, 0.25) is 0 Å². The van der Waals surface area contributed by atoms with Gasteiger partial charge in [-0.25, -0.2) is 0 Å². The van der Waals surface area contributed by atoms with Gasteiger partial charge >= 0.3 is 0 Å². The Morgan fingerprint density at radius 1 is 1.17 bits per heavy atom. The van der Waals surface area contributed by atoms with E-state index in [9.17, 15) is 0 Å². The van der Waals surface area contributed by atoms with Gasteiger partial charge in [0.25, 0.3) is 0 Å². The van der Waals surface area contributed by atoms with Gasteiger partial charge in [0.15, 0.2) is 5.96 Å². The summed E-state index contributed by atoms with van der Waals surface area (Å²) < 4.78 is 0. The van der Waals surface area contributed by atoms with Crippen molar-refractivity contribution in [3.8, 4) is 0 Å². The summed E-state index contributed by atoms with van der Waals surface area (Å²) in [5.41, 5.74) is 1.36. The summed E-state index contributed by atoms with van der Waals surface area (Å²) in [6.45, 7) is 7.35. The van der Waals surface area contributed by atoms with Crippen molar-refractivity contribution in [2.24, 2.45) is 10.9 Å². The van der Waals surface area contributed by atoms with Crippen LogP contribution in [-0.2, 0) is 6.42 Å². The van der Waals surface area contributed by atoms with E-state index in [-0.39, 0.29) is 24.0 Å². The molecule has 0 radical (unpaired) electrons. The van der Waals surface area contributed by atoms with Crippen LogP contribution in [0.3, 0.4) is 0 Å². The molecule has 0 unspecified atom stereocenters. The lowest BCUT2D eigenvalue weighted by atomic mass is 9.94. The molecular formula is C19H33IN4. The molecule has 1 saturated heterocycles. The van der Waals surface area contributed by atoms with Crippen LogP contribution in [0.25, 0.3) is 0 Å². The lowest BCUT2D eigenvalue weighted by Gasteiger charge is -2.28. The first-order valence-corrected chi connectivity index (χ1v) is 9.02. The van der Waals surface area contributed by atoms with Crippen molar-refractivity contribution in [1.82, 2.24) is 15.5 Å². The van der Waals surface area contributed by atoms with Crippen molar-refractivity contribution < 1.29 is 0 Å². The Labute approximate surface area is 164 Å². The predicted molar refractivity (Wildman–Crippen MR) is 114 cm³/mol. The van der Waals surface area contributed by atoms with Crippen LogP contribution in [0.5, 0.6) is 0 Å². The molecule has 0 aromatic heterocycles. The number of likely N-dealkylation sites (tertiary alicyclic amines) is 1. The van der Waals surface area contributed by atoms with Gasteiger partial charge in [-0.1, -0.05) is 30.3 Å². The Kier molecular flexibility index (Phi) is 11.1. The van der Waals surface area contributed by atoms with Gasteiger partial charge in [0, 0.05) is 19.6 Å². The zero-order valence-electron chi connectivity index (χ0n) is 15.1. The van der Waals surface area contributed by atoms with Crippen LogP contribution in [0.4, 0.5) is 0 Å². The Bertz CT molecular complexity index is 456. The maximum Gasteiger partial charge on any atom is 0.191 e. The lowest BCUT2D eigenvalue weighted by Crippen LogP contribution is -2.38. The van der Waals surface area contributed by atoms with E-state index in [2.05, 4.69) is 59.8 Å². The number of guanidine groups is 1. The maximum atomic E-state index is 4.74. The molecule has 1 aromatic rings. The third kappa shape index (κ3) is 8.33. The molecule has 0 amide bonds. The van der Waals surface area contributed by atoms with Gasteiger partial charge in [-0.05, 0) is 64.2 Å². The topological polar surface area (TPSA) is 39.7 Å². The molecule has 2 rings (SSSR count). The Balaban J connectivity index is 0.00000288. The van der Waals surface area contributed by atoms with Crippen molar-refractivity contribution in [3.05, 3.63) is 35.9 Å². The Morgan fingerprint density at radius 3 is 2.54 bits per heavy atom. The van der Waals surface area contributed by atoms with Crippen LogP contribution >= 0.6 is 24.0 Å². The summed E-state index contributed by atoms with van der Waals surface area (Å²) in [4.78, 5) is 7.16. The molecule has 1 aliphatic rings. The number of hydrogen-bond donors (Lipinski definition) is 2. The number of hydrogen-bond acceptors (Lipinski definition) is 2. The molecule has 0 saturated carbocycles. The quantitative estimate of drug-likeness (QED) is 0.386. The number of halogens is 1. The number of piperidine rings is 1. The third-order valence-corrected chi connectivity index (χ3v) is 4.54. The van der Waals surface area contributed by atoms with Crippen molar-refractivity contribution in [3.63, 3.8) is 0 Å². The van der Waals surface area contributed by atoms with Crippen LogP contribution in [0.2, 0.25) is 0 Å². The van der Waals surface area contributed by atoms with Crippen LogP contribution in [0.1, 0.15) is 31.7 Å². The first-order valence-electron chi connectivity index (χ1n) is 9.02. The van der Waals surface area contributed by atoms with Gasteiger partial charge in [-0.15, -0.1) is 24.0 Å². The minimum Gasteiger partial charge on any atom is -0.357 e. The second-order valence-corrected chi connectivity index (χ2v) is 6.46. The Morgan fingerprint density at radius 2 is 1.88 bits per heavy atom. The van der Waals surface area contributed by atoms with E-state index in [1.807, 2.05) is 0 Å². The van der Waals surface area contributed by atoms with Crippen molar-refractivity contribution in [1.29, 1.82) is 0 Å². The number of rotatable bonds is 7. The summed E-state index contributed by atoms with van der Waals surface area (Å²) in [5.74, 6) is 1.80. The molecule has 4 nitrogen and oxygen atoms in total. The SMILES string of the molecule is CCNC(=NCCC1CCN(C)CC1)NCCc1ccccc1.I. The molecule has 2 N–H and O–H groups in total. The summed E-state index contributed by atoms with van der Waals surface area (Å²) in [7, 11) is 2.22. The fourth-order valence-electron chi connectivity index (χ4n) is 3.02. The highest BCUT2D eigenvalue weighted by molar-refractivity contribution is 14.0. The third-order valence-electron chi connectivity index (χ3n) is 4.54. The second-order valence-electron chi connectivity index (χ2n) is 6.46. The number of aliphatic imine (C=N–C) groups is 1. The van der Waals surface area contributed by atoms with Crippen LogP contribution in [-0.4, -0.2) is 50.6 Å². The molecule has 24 heavy (non-hydrogen) atoms.